The maximum atomic E-state index is 12.8. The summed E-state index contributed by atoms with van der Waals surface area (Å²) in [7, 11) is 0. The maximum absolute atomic E-state index is 12.8. The lowest BCUT2D eigenvalue weighted by molar-refractivity contribution is -0.143. The Hall–Kier alpha value is -2.04. The zero-order valence-electron chi connectivity index (χ0n) is 10.4. The summed E-state index contributed by atoms with van der Waals surface area (Å²) in [5.41, 5.74) is 0.297. The summed E-state index contributed by atoms with van der Waals surface area (Å²) in [6, 6.07) is 5.06. The van der Waals surface area contributed by atoms with Crippen LogP contribution in [0.5, 0.6) is 0 Å². The fraction of sp³-hybridized carbons (Fsp3) is 0.357. The van der Waals surface area contributed by atoms with E-state index in [0.29, 0.717) is 31.2 Å². The molecule has 0 bridgehead atoms. The first-order chi connectivity index (χ1) is 9.08. The molecule has 1 fully saturated rings. The topological polar surface area (TPSA) is 54.5 Å². The van der Waals surface area contributed by atoms with E-state index in [0.717, 1.165) is 4.90 Å². The highest BCUT2D eigenvalue weighted by Crippen LogP contribution is 2.13. The van der Waals surface area contributed by atoms with E-state index in [2.05, 4.69) is 0 Å². The van der Waals surface area contributed by atoms with Crippen molar-refractivity contribution in [2.24, 2.45) is 0 Å². The van der Waals surface area contributed by atoms with Gasteiger partial charge < -0.3 is 0 Å². The van der Waals surface area contributed by atoms with Gasteiger partial charge in [0, 0.05) is 18.4 Å². The molecule has 0 spiro atoms. The van der Waals surface area contributed by atoms with Gasteiger partial charge >= 0.3 is 0 Å². The minimum Gasteiger partial charge on any atom is -0.292 e. The van der Waals surface area contributed by atoms with E-state index in [1.807, 2.05) is 0 Å². The number of likely N-dealkylation sites (tertiary alicyclic amines) is 1. The molecular weight excluding hydrogens is 249 g/mol. The minimum atomic E-state index is -0.432. The zero-order valence-corrected chi connectivity index (χ0v) is 10.4. The number of hydrogen-bond donors (Lipinski definition) is 0. The molecule has 5 heteroatoms. The number of benzene rings is 1. The molecule has 0 aliphatic carbocycles. The molecule has 2 amide bonds. The van der Waals surface area contributed by atoms with E-state index in [4.69, 9.17) is 0 Å². The third-order valence-corrected chi connectivity index (χ3v) is 3.10. The number of hydrogen-bond acceptors (Lipinski definition) is 3. The Labute approximate surface area is 110 Å². The van der Waals surface area contributed by atoms with Gasteiger partial charge in [0.05, 0.1) is 6.54 Å². The Kier molecular flexibility index (Phi) is 4.04. The molecule has 0 saturated carbocycles. The lowest BCUT2D eigenvalue weighted by Gasteiger charge is -2.17. The number of rotatable bonds is 3. The number of amides is 2. The molecule has 0 N–H and O–H groups in total. The van der Waals surface area contributed by atoms with Crippen LogP contribution in [0, 0.1) is 5.82 Å². The largest absolute Gasteiger partial charge is 0.292 e. The van der Waals surface area contributed by atoms with Crippen LogP contribution >= 0.6 is 0 Å². The Morgan fingerprint density at radius 3 is 2.11 bits per heavy atom. The van der Waals surface area contributed by atoms with Crippen LogP contribution < -0.4 is 0 Å². The number of ketones is 1. The summed E-state index contributed by atoms with van der Waals surface area (Å²) in [6.07, 6.45) is 1.93. The third-order valence-electron chi connectivity index (χ3n) is 3.10. The predicted molar refractivity (Wildman–Crippen MR) is 65.9 cm³/mol. The monoisotopic (exact) mass is 263 g/mol. The first-order valence-corrected chi connectivity index (χ1v) is 6.20. The van der Waals surface area contributed by atoms with Crippen molar-refractivity contribution in [1.82, 2.24) is 4.90 Å². The van der Waals surface area contributed by atoms with Crippen LogP contribution in [0.2, 0.25) is 0 Å². The SMILES string of the molecule is O=C(CN1C(=O)CCCCC1=O)c1ccc(F)cc1. The maximum Gasteiger partial charge on any atom is 0.229 e. The van der Waals surface area contributed by atoms with Crippen molar-refractivity contribution in [3.8, 4) is 0 Å². The average Bonchev–Trinajstić information content (AvgIpc) is 2.54. The third kappa shape index (κ3) is 3.24. The van der Waals surface area contributed by atoms with Crippen molar-refractivity contribution >= 4 is 17.6 Å². The van der Waals surface area contributed by atoms with Gasteiger partial charge in [-0.1, -0.05) is 0 Å². The molecule has 4 nitrogen and oxygen atoms in total. The first-order valence-electron chi connectivity index (χ1n) is 6.20. The standard InChI is InChI=1S/C14H14FNO3/c15-11-7-5-10(6-8-11)12(17)9-16-13(18)3-1-2-4-14(16)19/h5-8H,1-4,9H2. The fourth-order valence-electron chi connectivity index (χ4n) is 2.01. The predicted octanol–water partition coefficient (Wildman–Crippen LogP) is 1.94. The van der Waals surface area contributed by atoms with Gasteiger partial charge in [0.25, 0.3) is 0 Å². The van der Waals surface area contributed by atoms with Gasteiger partial charge in [0.15, 0.2) is 5.78 Å². The highest BCUT2D eigenvalue weighted by atomic mass is 19.1. The van der Waals surface area contributed by atoms with Gasteiger partial charge in [-0.2, -0.15) is 0 Å². The molecule has 1 aliphatic heterocycles. The van der Waals surface area contributed by atoms with E-state index in [9.17, 15) is 18.8 Å². The van der Waals surface area contributed by atoms with E-state index in [-0.39, 0.29) is 24.1 Å². The second-order valence-corrected chi connectivity index (χ2v) is 4.51. The van der Waals surface area contributed by atoms with Crippen molar-refractivity contribution in [2.75, 3.05) is 6.54 Å². The summed E-state index contributed by atoms with van der Waals surface area (Å²) in [5.74, 6) is -1.40. The lowest BCUT2D eigenvalue weighted by Crippen LogP contribution is -2.39. The van der Waals surface area contributed by atoms with E-state index in [1.54, 1.807) is 0 Å². The molecule has 1 aromatic carbocycles. The Bertz CT molecular complexity index is 492. The van der Waals surface area contributed by atoms with Gasteiger partial charge in [-0.15, -0.1) is 0 Å². The van der Waals surface area contributed by atoms with E-state index in [1.165, 1.54) is 24.3 Å². The van der Waals surface area contributed by atoms with Crippen molar-refractivity contribution in [2.45, 2.75) is 25.7 Å². The number of imide groups is 1. The number of halogens is 1. The van der Waals surface area contributed by atoms with Crippen molar-refractivity contribution in [3.63, 3.8) is 0 Å². The second-order valence-electron chi connectivity index (χ2n) is 4.51. The summed E-state index contributed by atoms with van der Waals surface area (Å²) < 4.78 is 12.8. The van der Waals surface area contributed by atoms with Crippen molar-refractivity contribution < 1.29 is 18.8 Å². The molecule has 0 aromatic heterocycles. The number of carbonyl (C=O) groups excluding carboxylic acids is 3. The summed E-state index contributed by atoms with van der Waals surface area (Å²) in [4.78, 5) is 36.4. The number of nitrogens with zero attached hydrogens (tertiary/aromatic N) is 1. The second kappa shape index (κ2) is 5.73. The van der Waals surface area contributed by atoms with E-state index < -0.39 is 5.82 Å². The summed E-state index contributed by atoms with van der Waals surface area (Å²) >= 11 is 0. The van der Waals surface area contributed by atoms with Gasteiger partial charge in [-0.25, -0.2) is 4.39 Å². The molecule has 1 aromatic rings. The molecule has 0 atom stereocenters. The Morgan fingerprint density at radius 2 is 1.58 bits per heavy atom. The summed E-state index contributed by atoms with van der Waals surface area (Å²) in [6.45, 7) is -0.261. The normalized spacial score (nSPS) is 16.4. The van der Waals surface area contributed by atoms with Crippen LogP contribution in [-0.4, -0.2) is 29.0 Å². The first kappa shape index (κ1) is 13.4. The molecule has 100 valence electrons. The van der Waals surface area contributed by atoms with E-state index >= 15 is 0 Å². The van der Waals surface area contributed by atoms with Crippen LogP contribution in [0.15, 0.2) is 24.3 Å². The smallest absolute Gasteiger partial charge is 0.229 e. The molecule has 0 unspecified atom stereocenters. The Balaban J connectivity index is 2.10. The molecular formula is C14H14FNO3. The number of carbonyl (C=O) groups is 3. The van der Waals surface area contributed by atoms with Crippen LogP contribution in [0.4, 0.5) is 4.39 Å². The molecule has 0 radical (unpaired) electrons. The van der Waals surface area contributed by atoms with Crippen LogP contribution in [0.25, 0.3) is 0 Å². The van der Waals surface area contributed by atoms with Crippen LogP contribution in [-0.2, 0) is 9.59 Å². The fourth-order valence-corrected chi connectivity index (χ4v) is 2.01. The molecule has 1 heterocycles. The molecule has 1 saturated heterocycles. The van der Waals surface area contributed by atoms with Crippen LogP contribution in [0.1, 0.15) is 36.0 Å². The minimum absolute atomic E-state index is 0.261. The van der Waals surface area contributed by atoms with Gasteiger partial charge in [-0.3, -0.25) is 19.3 Å². The van der Waals surface area contributed by atoms with Crippen molar-refractivity contribution in [3.05, 3.63) is 35.6 Å². The molecule has 1 aliphatic rings. The quantitative estimate of drug-likeness (QED) is 0.618. The van der Waals surface area contributed by atoms with Gasteiger partial charge in [-0.05, 0) is 37.1 Å². The highest BCUT2D eigenvalue weighted by molar-refractivity contribution is 6.04. The van der Waals surface area contributed by atoms with Crippen molar-refractivity contribution in [1.29, 1.82) is 0 Å². The van der Waals surface area contributed by atoms with Gasteiger partial charge in [0.1, 0.15) is 5.82 Å². The molecule has 19 heavy (non-hydrogen) atoms. The van der Waals surface area contributed by atoms with Gasteiger partial charge in [0.2, 0.25) is 11.8 Å². The van der Waals surface area contributed by atoms with Crippen LogP contribution in [0.3, 0.4) is 0 Å². The molecule has 2 rings (SSSR count). The average molecular weight is 263 g/mol. The summed E-state index contributed by atoms with van der Waals surface area (Å²) in [5, 5.41) is 0. The number of Topliss-reactive ketones (excluding diaryl/α,β-unsaturated/α-hetero) is 1. The highest BCUT2D eigenvalue weighted by Gasteiger charge is 2.26. The Morgan fingerprint density at radius 1 is 1.05 bits per heavy atom. The zero-order chi connectivity index (χ0) is 13.8. The lowest BCUT2D eigenvalue weighted by atomic mass is 10.1.